The Morgan fingerprint density at radius 1 is 0.774 bits per heavy atom. The second-order valence-corrected chi connectivity index (χ2v) is 8.22. The van der Waals surface area contributed by atoms with Gasteiger partial charge in [0.2, 0.25) is 11.8 Å². The minimum absolute atomic E-state index is 0.212. The van der Waals surface area contributed by atoms with Crippen LogP contribution in [0.2, 0.25) is 0 Å². The molecule has 0 atom stereocenters. The van der Waals surface area contributed by atoms with E-state index in [-0.39, 0.29) is 5.75 Å². The van der Waals surface area contributed by atoms with Crippen LogP contribution in [0.3, 0.4) is 0 Å². The molecule has 1 N–H and O–H groups in total. The Kier molecular flexibility index (Phi) is 8.51. The van der Waals surface area contributed by atoms with Crippen LogP contribution in [0.15, 0.2) is 40.8 Å². The number of rotatable bonds is 12. The second-order valence-electron chi connectivity index (χ2n) is 8.22. The highest BCUT2D eigenvalue weighted by atomic mass is 16.5. The van der Waals surface area contributed by atoms with Gasteiger partial charge >= 0.3 is 0 Å². The predicted octanol–water partition coefficient (Wildman–Crippen LogP) is 7.25. The molecular weight excluding hydrogens is 388 g/mol. The summed E-state index contributed by atoms with van der Waals surface area (Å²) in [5.41, 5.74) is 3.42. The van der Waals surface area contributed by atoms with Crippen LogP contribution in [-0.4, -0.2) is 21.9 Å². The Bertz CT molecular complexity index is 965. The fraction of sp³-hybridized carbons (Fsp3) is 0.462. The first-order chi connectivity index (χ1) is 15.1. The normalized spacial score (nSPS) is 11.1. The van der Waals surface area contributed by atoms with E-state index < -0.39 is 0 Å². The number of phenols is 1. The van der Waals surface area contributed by atoms with Crippen molar-refractivity contribution in [1.82, 2.24) is 10.2 Å². The standard InChI is InChI=1S/C26H34N2O3/c1-4-5-6-7-8-9-10-11-16-30-24-18-22(15-13-20(24)3)26-28-27-25(31-26)21-14-12-19(2)23(29)17-21/h12-15,17-18,29H,4-11,16H2,1-3H3. The van der Waals surface area contributed by atoms with Crippen LogP contribution in [0.4, 0.5) is 0 Å². The molecule has 1 heterocycles. The summed E-state index contributed by atoms with van der Waals surface area (Å²) in [5.74, 6) is 1.89. The number of unbranched alkanes of at least 4 members (excludes halogenated alkanes) is 7. The Labute approximate surface area is 185 Å². The lowest BCUT2D eigenvalue weighted by Crippen LogP contribution is -1.99. The van der Waals surface area contributed by atoms with Gasteiger partial charge in [0.25, 0.3) is 0 Å². The molecule has 0 radical (unpaired) electrons. The molecule has 0 unspecified atom stereocenters. The van der Waals surface area contributed by atoms with E-state index in [0.717, 1.165) is 35.5 Å². The van der Waals surface area contributed by atoms with Gasteiger partial charge in [0.15, 0.2) is 0 Å². The van der Waals surface area contributed by atoms with E-state index in [2.05, 4.69) is 17.1 Å². The van der Waals surface area contributed by atoms with E-state index in [4.69, 9.17) is 9.15 Å². The molecule has 0 bridgehead atoms. The first-order valence-electron chi connectivity index (χ1n) is 11.5. The zero-order valence-corrected chi connectivity index (χ0v) is 19.0. The monoisotopic (exact) mass is 422 g/mol. The van der Waals surface area contributed by atoms with E-state index in [1.807, 2.05) is 44.2 Å². The van der Waals surface area contributed by atoms with Gasteiger partial charge in [0.05, 0.1) is 6.61 Å². The molecule has 1 aromatic heterocycles. The van der Waals surface area contributed by atoms with Crippen LogP contribution in [0.1, 0.15) is 69.4 Å². The third-order valence-electron chi connectivity index (χ3n) is 5.57. The zero-order chi connectivity index (χ0) is 22.1. The number of hydrogen-bond acceptors (Lipinski definition) is 5. The Morgan fingerprint density at radius 2 is 1.35 bits per heavy atom. The molecule has 2 aromatic carbocycles. The number of hydrogen-bond donors (Lipinski definition) is 1. The fourth-order valence-electron chi connectivity index (χ4n) is 3.51. The number of nitrogens with zero attached hydrogens (tertiary/aromatic N) is 2. The van der Waals surface area contributed by atoms with Crippen molar-refractivity contribution in [2.24, 2.45) is 0 Å². The van der Waals surface area contributed by atoms with Crippen LogP contribution in [0.25, 0.3) is 22.9 Å². The summed E-state index contributed by atoms with van der Waals surface area (Å²) in [5, 5.41) is 18.3. The van der Waals surface area contributed by atoms with Gasteiger partial charge in [-0.25, -0.2) is 0 Å². The maximum atomic E-state index is 9.93. The van der Waals surface area contributed by atoms with Crippen molar-refractivity contribution in [2.75, 3.05) is 6.61 Å². The highest BCUT2D eigenvalue weighted by molar-refractivity contribution is 5.61. The van der Waals surface area contributed by atoms with E-state index >= 15 is 0 Å². The Balaban J connectivity index is 1.55. The quantitative estimate of drug-likeness (QED) is 0.311. The minimum Gasteiger partial charge on any atom is -0.508 e. The molecule has 5 nitrogen and oxygen atoms in total. The fourth-order valence-corrected chi connectivity index (χ4v) is 3.51. The lowest BCUT2D eigenvalue weighted by atomic mass is 10.1. The predicted molar refractivity (Wildman–Crippen MR) is 124 cm³/mol. The summed E-state index contributed by atoms with van der Waals surface area (Å²) in [6.45, 7) is 6.86. The number of aromatic nitrogens is 2. The van der Waals surface area contributed by atoms with E-state index in [1.165, 1.54) is 44.9 Å². The molecule has 3 aromatic rings. The van der Waals surface area contributed by atoms with Crippen molar-refractivity contribution >= 4 is 0 Å². The molecular formula is C26H34N2O3. The lowest BCUT2D eigenvalue weighted by Gasteiger charge is -2.10. The average molecular weight is 423 g/mol. The van der Waals surface area contributed by atoms with Crippen LogP contribution < -0.4 is 4.74 Å². The summed E-state index contributed by atoms with van der Waals surface area (Å²) in [6.07, 6.45) is 10.3. The van der Waals surface area contributed by atoms with Crippen molar-refractivity contribution in [3.05, 3.63) is 47.5 Å². The third-order valence-corrected chi connectivity index (χ3v) is 5.57. The van der Waals surface area contributed by atoms with Gasteiger partial charge in [-0.05, 0) is 55.7 Å². The number of benzene rings is 2. The number of aromatic hydroxyl groups is 1. The van der Waals surface area contributed by atoms with Gasteiger partial charge in [-0.3, -0.25) is 0 Å². The Morgan fingerprint density at radius 3 is 2.00 bits per heavy atom. The van der Waals surface area contributed by atoms with Gasteiger partial charge in [-0.2, -0.15) is 0 Å². The van der Waals surface area contributed by atoms with Crippen LogP contribution in [-0.2, 0) is 0 Å². The minimum atomic E-state index is 0.212. The smallest absolute Gasteiger partial charge is 0.248 e. The molecule has 0 fully saturated rings. The van der Waals surface area contributed by atoms with Crippen LogP contribution in [0, 0.1) is 13.8 Å². The van der Waals surface area contributed by atoms with Gasteiger partial charge < -0.3 is 14.3 Å². The van der Waals surface area contributed by atoms with Crippen molar-refractivity contribution in [1.29, 1.82) is 0 Å². The molecule has 0 amide bonds. The summed E-state index contributed by atoms with van der Waals surface area (Å²) in [6, 6.07) is 11.3. The van der Waals surface area contributed by atoms with Gasteiger partial charge in [-0.15, -0.1) is 10.2 Å². The van der Waals surface area contributed by atoms with Crippen molar-refractivity contribution < 1.29 is 14.3 Å². The molecule has 0 saturated carbocycles. The van der Waals surface area contributed by atoms with E-state index in [0.29, 0.717) is 17.3 Å². The van der Waals surface area contributed by atoms with Gasteiger partial charge in [-0.1, -0.05) is 64.0 Å². The number of phenolic OH excluding ortho intramolecular Hbond substituents is 1. The third kappa shape index (κ3) is 6.58. The SMILES string of the molecule is CCCCCCCCCCOc1cc(-c2nnc(-c3ccc(C)c(O)c3)o2)ccc1C. The number of ether oxygens (including phenoxy) is 1. The number of aryl methyl sites for hydroxylation is 2. The van der Waals surface area contributed by atoms with Gasteiger partial charge in [0.1, 0.15) is 11.5 Å². The lowest BCUT2D eigenvalue weighted by molar-refractivity contribution is 0.302. The van der Waals surface area contributed by atoms with Crippen molar-refractivity contribution in [3.63, 3.8) is 0 Å². The highest BCUT2D eigenvalue weighted by Crippen LogP contribution is 2.30. The molecule has 0 aliphatic rings. The molecule has 31 heavy (non-hydrogen) atoms. The highest BCUT2D eigenvalue weighted by Gasteiger charge is 2.13. The summed E-state index contributed by atoms with van der Waals surface area (Å²) >= 11 is 0. The Hall–Kier alpha value is -2.82. The topological polar surface area (TPSA) is 68.4 Å². The average Bonchev–Trinajstić information content (AvgIpc) is 3.26. The molecule has 0 aliphatic heterocycles. The van der Waals surface area contributed by atoms with E-state index in [9.17, 15) is 5.11 Å². The van der Waals surface area contributed by atoms with Crippen molar-refractivity contribution in [3.8, 4) is 34.4 Å². The maximum Gasteiger partial charge on any atom is 0.248 e. The molecule has 0 saturated heterocycles. The molecule has 5 heteroatoms. The van der Waals surface area contributed by atoms with Gasteiger partial charge in [0, 0.05) is 11.1 Å². The molecule has 0 spiro atoms. The summed E-state index contributed by atoms with van der Waals surface area (Å²) < 4.78 is 11.9. The van der Waals surface area contributed by atoms with Crippen molar-refractivity contribution in [2.45, 2.75) is 72.1 Å². The molecule has 3 rings (SSSR count). The second kappa shape index (κ2) is 11.5. The summed E-state index contributed by atoms with van der Waals surface area (Å²) in [7, 11) is 0. The maximum absolute atomic E-state index is 9.93. The van der Waals surface area contributed by atoms with E-state index in [1.54, 1.807) is 6.07 Å². The first-order valence-corrected chi connectivity index (χ1v) is 11.5. The van der Waals surface area contributed by atoms with Crippen LogP contribution >= 0.6 is 0 Å². The molecule has 0 aliphatic carbocycles. The molecule has 166 valence electrons. The largest absolute Gasteiger partial charge is 0.508 e. The van der Waals surface area contributed by atoms with Crippen LogP contribution in [0.5, 0.6) is 11.5 Å². The first kappa shape index (κ1) is 22.9. The zero-order valence-electron chi connectivity index (χ0n) is 19.0. The summed E-state index contributed by atoms with van der Waals surface area (Å²) in [4.78, 5) is 0.